The molecule has 3 rings (SSSR count). The van der Waals surface area contributed by atoms with E-state index < -0.39 is 0 Å². The topological polar surface area (TPSA) is 54.7 Å². The van der Waals surface area contributed by atoms with E-state index in [4.69, 9.17) is 4.42 Å². The third-order valence-corrected chi connectivity index (χ3v) is 3.08. The van der Waals surface area contributed by atoms with E-state index in [-0.39, 0.29) is 0 Å². The lowest BCUT2D eigenvalue weighted by molar-refractivity contribution is 0.558. The fourth-order valence-corrected chi connectivity index (χ4v) is 2.25. The largest absolute Gasteiger partial charge is 0.451 e. The summed E-state index contributed by atoms with van der Waals surface area (Å²) in [5, 5.41) is 7.12. The maximum Gasteiger partial charge on any atom is 0.181 e. The third-order valence-electron chi connectivity index (χ3n) is 3.08. The van der Waals surface area contributed by atoms with Crippen molar-refractivity contribution in [3.63, 3.8) is 0 Å². The lowest BCUT2D eigenvalue weighted by Gasteiger charge is -2.08. The minimum absolute atomic E-state index is 0.769. The van der Waals surface area contributed by atoms with Gasteiger partial charge in [-0.2, -0.15) is 5.10 Å². The fourth-order valence-electron chi connectivity index (χ4n) is 2.25. The highest BCUT2D eigenvalue weighted by atomic mass is 16.3. The highest BCUT2D eigenvalue weighted by Crippen LogP contribution is 2.33. The van der Waals surface area contributed by atoms with Crippen molar-refractivity contribution < 1.29 is 4.42 Å². The molecule has 0 aliphatic carbocycles. The third kappa shape index (κ3) is 1.62. The molecule has 0 amide bonds. The SMILES string of the molecule is Cc1cccc(C)c1-c1cn[nH]c1-c1cocn1. The number of aryl methyl sites for hydroxylation is 2. The summed E-state index contributed by atoms with van der Waals surface area (Å²) in [6, 6.07) is 6.26. The van der Waals surface area contributed by atoms with Crippen LogP contribution in [0.4, 0.5) is 0 Å². The van der Waals surface area contributed by atoms with Crippen LogP contribution in [0.15, 0.2) is 41.5 Å². The molecule has 1 aromatic carbocycles. The number of H-pyrrole nitrogens is 1. The molecule has 0 radical (unpaired) electrons. The number of hydrogen-bond acceptors (Lipinski definition) is 3. The molecular weight excluding hydrogens is 226 g/mol. The molecular formula is C14H13N3O. The van der Waals surface area contributed by atoms with Crippen LogP contribution in [-0.2, 0) is 0 Å². The van der Waals surface area contributed by atoms with Crippen molar-refractivity contribution in [2.75, 3.05) is 0 Å². The van der Waals surface area contributed by atoms with E-state index >= 15 is 0 Å². The number of nitrogens with one attached hydrogen (secondary N) is 1. The number of benzene rings is 1. The van der Waals surface area contributed by atoms with Gasteiger partial charge in [0.1, 0.15) is 12.0 Å². The summed E-state index contributed by atoms with van der Waals surface area (Å²) in [6.45, 7) is 4.20. The van der Waals surface area contributed by atoms with Gasteiger partial charge in [0.05, 0.1) is 11.9 Å². The molecule has 0 saturated heterocycles. The van der Waals surface area contributed by atoms with Gasteiger partial charge in [0.2, 0.25) is 0 Å². The molecule has 0 atom stereocenters. The quantitative estimate of drug-likeness (QED) is 0.746. The Labute approximate surface area is 105 Å². The first-order valence-electron chi connectivity index (χ1n) is 5.76. The Morgan fingerprint density at radius 2 is 1.94 bits per heavy atom. The number of oxazole rings is 1. The van der Waals surface area contributed by atoms with E-state index in [1.54, 1.807) is 6.26 Å². The molecule has 0 spiro atoms. The van der Waals surface area contributed by atoms with Crippen molar-refractivity contribution in [2.45, 2.75) is 13.8 Å². The molecule has 0 saturated carbocycles. The lowest BCUT2D eigenvalue weighted by atomic mass is 9.95. The maximum atomic E-state index is 5.03. The van der Waals surface area contributed by atoms with E-state index in [9.17, 15) is 0 Å². The van der Waals surface area contributed by atoms with Crippen LogP contribution in [0.1, 0.15) is 11.1 Å². The lowest BCUT2D eigenvalue weighted by Crippen LogP contribution is -1.89. The van der Waals surface area contributed by atoms with Crippen LogP contribution in [0.25, 0.3) is 22.5 Å². The first kappa shape index (κ1) is 10.8. The number of aromatic amines is 1. The zero-order valence-corrected chi connectivity index (χ0v) is 10.3. The fraction of sp³-hybridized carbons (Fsp3) is 0.143. The molecule has 0 aliphatic rings. The summed E-state index contributed by atoms with van der Waals surface area (Å²) in [6.07, 6.45) is 4.87. The number of hydrogen-bond donors (Lipinski definition) is 1. The Balaban J connectivity index is 2.22. The van der Waals surface area contributed by atoms with Crippen molar-refractivity contribution >= 4 is 0 Å². The second-order valence-electron chi connectivity index (χ2n) is 4.30. The zero-order chi connectivity index (χ0) is 12.5. The molecule has 4 nitrogen and oxygen atoms in total. The molecule has 1 N–H and O–H groups in total. The van der Waals surface area contributed by atoms with Crippen LogP contribution >= 0.6 is 0 Å². The zero-order valence-electron chi connectivity index (χ0n) is 10.3. The summed E-state index contributed by atoms with van der Waals surface area (Å²) < 4.78 is 5.03. The highest BCUT2D eigenvalue weighted by molar-refractivity contribution is 5.81. The van der Waals surface area contributed by atoms with E-state index in [2.05, 4.69) is 47.2 Å². The second-order valence-corrected chi connectivity index (χ2v) is 4.30. The monoisotopic (exact) mass is 239 g/mol. The summed E-state index contributed by atoms with van der Waals surface area (Å²) >= 11 is 0. The summed E-state index contributed by atoms with van der Waals surface area (Å²) in [5.41, 5.74) is 6.36. The molecule has 2 heterocycles. The minimum atomic E-state index is 0.769. The average molecular weight is 239 g/mol. The van der Waals surface area contributed by atoms with Crippen molar-refractivity contribution in [3.05, 3.63) is 48.2 Å². The Bertz CT molecular complexity index is 648. The van der Waals surface area contributed by atoms with Crippen LogP contribution < -0.4 is 0 Å². The second kappa shape index (κ2) is 4.14. The predicted octanol–water partition coefficient (Wildman–Crippen LogP) is 3.35. The van der Waals surface area contributed by atoms with Gasteiger partial charge in [-0.05, 0) is 30.5 Å². The normalized spacial score (nSPS) is 10.8. The number of aromatic nitrogens is 3. The van der Waals surface area contributed by atoms with Crippen LogP contribution in [0.5, 0.6) is 0 Å². The molecule has 3 aromatic rings. The smallest absolute Gasteiger partial charge is 0.181 e. The van der Waals surface area contributed by atoms with Crippen molar-refractivity contribution in [1.29, 1.82) is 0 Å². The van der Waals surface area contributed by atoms with Gasteiger partial charge >= 0.3 is 0 Å². The molecule has 0 unspecified atom stereocenters. The van der Waals surface area contributed by atoms with Crippen molar-refractivity contribution in [1.82, 2.24) is 15.2 Å². The van der Waals surface area contributed by atoms with Gasteiger partial charge in [0, 0.05) is 5.56 Å². The van der Waals surface area contributed by atoms with E-state index in [1.165, 1.54) is 23.1 Å². The van der Waals surface area contributed by atoms with Crippen LogP contribution in [0.2, 0.25) is 0 Å². The molecule has 0 bridgehead atoms. The Morgan fingerprint density at radius 1 is 1.17 bits per heavy atom. The summed E-state index contributed by atoms with van der Waals surface area (Å²) in [5.74, 6) is 0. The van der Waals surface area contributed by atoms with E-state index in [0.29, 0.717) is 0 Å². The predicted molar refractivity (Wildman–Crippen MR) is 69.0 cm³/mol. The molecule has 4 heteroatoms. The highest BCUT2D eigenvalue weighted by Gasteiger charge is 2.15. The molecule has 90 valence electrons. The molecule has 0 fully saturated rings. The molecule has 18 heavy (non-hydrogen) atoms. The van der Waals surface area contributed by atoms with Crippen LogP contribution in [-0.4, -0.2) is 15.2 Å². The van der Waals surface area contributed by atoms with Crippen molar-refractivity contribution in [3.8, 4) is 22.5 Å². The average Bonchev–Trinajstić information content (AvgIpc) is 2.98. The van der Waals surface area contributed by atoms with Gasteiger partial charge in [-0.1, -0.05) is 18.2 Å². The van der Waals surface area contributed by atoms with E-state index in [0.717, 1.165) is 17.0 Å². The molecule has 0 aliphatic heterocycles. The van der Waals surface area contributed by atoms with Gasteiger partial charge < -0.3 is 4.42 Å². The van der Waals surface area contributed by atoms with Gasteiger partial charge in [-0.25, -0.2) is 4.98 Å². The van der Waals surface area contributed by atoms with E-state index in [1.807, 2.05) is 6.20 Å². The first-order chi connectivity index (χ1) is 8.77. The Kier molecular flexibility index (Phi) is 2.48. The number of rotatable bonds is 2. The Hall–Kier alpha value is -2.36. The summed E-state index contributed by atoms with van der Waals surface area (Å²) in [4.78, 5) is 4.17. The van der Waals surface area contributed by atoms with Gasteiger partial charge in [-0.3, -0.25) is 5.10 Å². The first-order valence-corrected chi connectivity index (χ1v) is 5.76. The van der Waals surface area contributed by atoms with Crippen molar-refractivity contribution in [2.24, 2.45) is 0 Å². The van der Waals surface area contributed by atoms with Gasteiger partial charge in [0.25, 0.3) is 0 Å². The summed E-state index contributed by atoms with van der Waals surface area (Å²) in [7, 11) is 0. The maximum absolute atomic E-state index is 5.03. The van der Waals surface area contributed by atoms with Gasteiger partial charge in [-0.15, -0.1) is 0 Å². The minimum Gasteiger partial charge on any atom is -0.451 e. The van der Waals surface area contributed by atoms with Gasteiger partial charge in [0.15, 0.2) is 6.39 Å². The number of nitrogens with zero attached hydrogens (tertiary/aromatic N) is 2. The van der Waals surface area contributed by atoms with Crippen LogP contribution in [0.3, 0.4) is 0 Å². The van der Waals surface area contributed by atoms with Crippen LogP contribution in [0, 0.1) is 13.8 Å². The Morgan fingerprint density at radius 3 is 2.61 bits per heavy atom. The molecule has 2 aromatic heterocycles. The standard InChI is InChI=1S/C14H13N3O/c1-9-4-3-5-10(2)13(9)11-6-16-17-14(11)12-7-18-8-15-12/h3-8H,1-2H3,(H,16,17).